The van der Waals surface area contributed by atoms with E-state index in [2.05, 4.69) is 4.90 Å². The first kappa shape index (κ1) is 21.0. The Morgan fingerprint density at radius 2 is 1.66 bits per heavy atom. The molecule has 0 saturated carbocycles. The van der Waals surface area contributed by atoms with Crippen LogP contribution in [-0.2, 0) is 16.6 Å². The Kier molecular flexibility index (Phi) is 6.36. The smallest absolute Gasteiger partial charge is 0.271 e. The maximum absolute atomic E-state index is 13.1. The summed E-state index contributed by atoms with van der Waals surface area (Å²) in [6.45, 7) is 2.41. The van der Waals surface area contributed by atoms with Crippen LogP contribution in [0.4, 0.5) is 5.69 Å². The summed E-state index contributed by atoms with van der Waals surface area (Å²) in [6.07, 6.45) is 0. The van der Waals surface area contributed by atoms with Crippen LogP contribution in [0.15, 0.2) is 47.4 Å². The lowest BCUT2D eigenvalue weighted by Gasteiger charge is -2.34. The topological polar surface area (TPSA) is 102 Å². The standard InChI is InChI=1S/C19H23N3O6S/c1-27-17-6-3-15(4-7-17)14-20-9-11-21(12-10-20)29(25,26)19-13-16(22(23)24)5-8-18(19)28-2/h3-8,13H,9-12,14H2,1-2H3. The van der Waals surface area contributed by atoms with Crippen molar-refractivity contribution in [3.63, 3.8) is 0 Å². The molecule has 1 heterocycles. The minimum Gasteiger partial charge on any atom is -0.497 e. The van der Waals surface area contributed by atoms with Gasteiger partial charge in [0, 0.05) is 44.9 Å². The molecule has 1 fully saturated rings. The second kappa shape index (κ2) is 8.76. The van der Waals surface area contributed by atoms with Crippen LogP contribution in [0.1, 0.15) is 5.56 Å². The molecular weight excluding hydrogens is 398 g/mol. The lowest BCUT2D eigenvalue weighted by atomic mass is 10.2. The van der Waals surface area contributed by atoms with E-state index in [1.807, 2.05) is 24.3 Å². The highest BCUT2D eigenvalue weighted by Crippen LogP contribution is 2.31. The molecule has 2 aromatic carbocycles. The molecule has 0 bridgehead atoms. The van der Waals surface area contributed by atoms with E-state index in [0.717, 1.165) is 17.4 Å². The zero-order chi connectivity index (χ0) is 21.0. The van der Waals surface area contributed by atoms with Crippen molar-refractivity contribution in [1.29, 1.82) is 0 Å². The van der Waals surface area contributed by atoms with Gasteiger partial charge in [-0.15, -0.1) is 0 Å². The van der Waals surface area contributed by atoms with Crippen molar-refractivity contribution in [3.05, 3.63) is 58.1 Å². The number of benzene rings is 2. The molecule has 0 N–H and O–H groups in total. The fourth-order valence-corrected chi connectivity index (χ4v) is 4.83. The van der Waals surface area contributed by atoms with Gasteiger partial charge in [0.25, 0.3) is 5.69 Å². The summed E-state index contributed by atoms with van der Waals surface area (Å²) >= 11 is 0. The predicted molar refractivity (Wildman–Crippen MR) is 107 cm³/mol. The Balaban J connectivity index is 1.71. The number of hydrogen-bond donors (Lipinski definition) is 0. The highest BCUT2D eigenvalue weighted by atomic mass is 32.2. The molecule has 1 saturated heterocycles. The van der Waals surface area contributed by atoms with Gasteiger partial charge >= 0.3 is 0 Å². The average Bonchev–Trinajstić information content (AvgIpc) is 2.74. The number of piperazine rings is 1. The molecule has 10 heteroatoms. The molecular formula is C19H23N3O6S. The van der Waals surface area contributed by atoms with Gasteiger partial charge in [0.1, 0.15) is 16.4 Å². The Morgan fingerprint density at radius 1 is 1.00 bits per heavy atom. The van der Waals surface area contributed by atoms with Crippen molar-refractivity contribution in [3.8, 4) is 11.5 Å². The molecule has 156 valence electrons. The third-order valence-electron chi connectivity index (χ3n) is 4.87. The van der Waals surface area contributed by atoms with Crippen LogP contribution < -0.4 is 9.47 Å². The molecule has 0 spiro atoms. The van der Waals surface area contributed by atoms with Crippen LogP contribution in [0, 0.1) is 10.1 Å². The van der Waals surface area contributed by atoms with Gasteiger partial charge in [-0.25, -0.2) is 8.42 Å². The third-order valence-corrected chi connectivity index (χ3v) is 6.79. The van der Waals surface area contributed by atoms with Gasteiger partial charge < -0.3 is 9.47 Å². The van der Waals surface area contributed by atoms with Gasteiger partial charge in [-0.3, -0.25) is 15.0 Å². The van der Waals surface area contributed by atoms with Crippen LogP contribution in [-0.4, -0.2) is 62.9 Å². The van der Waals surface area contributed by atoms with E-state index in [9.17, 15) is 18.5 Å². The van der Waals surface area contributed by atoms with Crippen molar-refractivity contribution in [2.75, 3.05) is 40.4 Å². The number of hydrogen-bond acceptors (Lipinski definition) is 7. The Labute approximate surface area is 169 Å². The molecule has 0 aromatic heterocycles. The molecule has 2 aromatic rings. The summed E-state index contributed by atoms with van der Waals surface area (Å²) in [4.78, 5) is 12.4. The molecule has 1 aliphatic heterocycles. The van der Waals surface area contributed by atoms with Crippen molar-refractivity contribution in [2.24, 2.45) is 0 Å². The number of rotatable bonds is 7. The number of nitrogens with zero attached hydrogens (tertiary/aromatic N) is 3. The summed E-state index contributed by atoms with van der Waals surface area (Å²) in [5, 5.41) is 11.1. The summed E-state index contributed by atoms with van der Waals surface area (Å²) in [5.74, 6) is 0.881. The number of methoxy groups -OCH3 is 2. The van der Waals surface area contributed by atoms with Crippen LogP contribution in [0.2, 0.25) is 0 Å². The van der Waals surface area contributed by atoms with Gasteiger partial charge in [0.2, 0.25) is 10.0 Å². The molecule has 0 unspecified atom stereocenters. The molecule has 1 aliphatic rings. The van der Waals surface area contributed by atoms with Gasteiger partial charge in [-0.1, -0.05) is 12.1 Å². The van der Waals surface area contributed by atoms with Crippen molar-refractivity contribution >= 4 is 15.7 Å². The van der Waals surface area contributed by atoms with Crippen molar-refractivity contribution in [1.82, 2.24) is 9.21 Å². The normalized spacial score (nSPS) is 15.8. The maximum Gasteiger partial charge on any atom is 0.271 e. The van der Waals surface area contributed by atoms with Gasteiger partial charge in [-0.05, 0) is 23.8 Å². The van der Waals surface area contributed by atoms with Crippen LogP contribution >= 0.6 is 0 Å². The molecule has 0 aliphatic carbocycles. The monoisotopic (exact) mass is 421 g/mol. The first-order chi connectivity index (χ1) is 13.8. The van der Waals surface area contributed by atoms with Gasteiger partial charge in [0.05, 0.1) is 19.1 Å². The van der Waals surface area contributed by atoms with Gasteiger partial charge in [-0.2, -0.15) is 4.31 Å². The fraction of sp³-hybridized carbons (Fsp3) is 0.368. The molecule has 0 radical (unpaired) electrons. The van der Waals surface area contributed by atoms with Crippen molar-refractivity contribution in [2.45, 2.75) is 11.4 Å². The van der Waals surface area contributed by atoms with E-state index in [1.54, 1.807) is 7.11 Å². The largest absolute Gasteiger partial charge is 0.497 e. The highest BCUT2D eigenvalue weighted by molar-refractivity contribution is 7.89. The first-order valence-corrected chi connectivity index (χ1v) is 10.5. The van der Waals surface area contributed by atoms with E-state index in [4.69, 9.17) is 9.47 Å². The van der Waals surface area contributed by atoms with Crippen LogP contribution in [0.5, 0.6) is 11.5 Å². The number of nitro benzene ring substituents is 1. The van der Waals surface area contributed by atoms with Crippen molar-refractivity contribution < 1.29 is 22.8 Å². The molecule has 29 heavy (non-hydrogen) atoms. The van der Waals surface area contributed by atoms with E-state index in [-0.39, 0.29) is 16.3 Å². The maximum atomic E-state index is 13.1. The zero-order valence-electron chi connectivity index (χ0n) is 16.3. The van der Waals surface area contributed by atoms with E-state index >= 15 is 0 Å². The number of sulfonamides is 1. The third kappa shape index (κ3) is 4.66. The lowest BCUT2D eigenvalue weighted by molar-refractivity contribution is -0.385. The van der Waals surface area contributed by atoms with E-state index in [1.165, 1.54) is 23.5 Å². The zero-order valence-corrected chi connectivity index (χ0v) is 17.1. The quantitative estimate of drug-likeness (QED) is 0.498. The Bertz CT molecular complexity index is 970. The van der Waals surface area contributed by atoms with Crippen LogP contribution in [0.3, 0.4) is 0 Å². The molecule has 9 nitrogen and oxygen atoms in total. The lowest BCUT2D eigenvalue weighted by Crippen LogP contribution is -2.48. The summed E-state index contributed by atoms with van der Waals surface area (Å²) < 4.78 is 37.8. The van der Waals surface area contributed by atoms with E-state index < -0.39 is 14.9 Å². The van der Waals surface area contributed by atoms with E-state index in [0.29, 0.717) is 32.7 Å². The average molecular weight is 421 g/mol. The number of non-ortho nitro benzene ring substituents is 1. The Morgan fingerprint density at radius 3 is 2.21 bits per heavy atom. The van der Waals surface area contributed by atoms with Gasteiger partial charge in [0.15, 0.2) is 0 Å². The second-order valence-corrected chi connectivity index (χ2v) is 8.53. The highest BCUT2D eigenvalue weighted by Gasteiger charge is 2.32. The SMILES string of the molecule is COc1ccc(CN2CCN(S(=O)(=O)c3cc([N+](=O)[O-])ccc3OC)CC2)cc1. The summed E-state index contributed by atoms with van der Waals surface area (Å²) in [6, 6.07) is 11.3. The fourth-order valence-electron chi connectivity index (χ4n) is 3.24. The summed E-state index contributed by atoms with van der Waals surface area (Å²) in [5.41, 5.74) is 0.824. The summed E-state index contributed by atoms with van der Waals surface area (Å²) in [7, 11) is -0.949. The minimum atomic E-state index is -3.91. The number of nitro groups is 1. The number of ether oxygens (including phenoxy) is 2. The van der Waals surface area contributed by atoms with Crippen LogP contribution in [0.25, 0.3) is 0 Å². The predicted octanol–water partition coefficient (Wildman–Crippen LogP) is 2.12. The second-order valence-electron chi connectivity index (χ2n) is 6.62. The molecule has 0 amide bonds. The Hall–Kier alpha value is -2.69. The molecule has 3 rings (SSSR count). The minimum absolute atomic E-state index is 0.0938. The molecule has 0 atom stereocenters. The first-order valence-electron chi connectivity index (χ1n) is 9.03.